The minimum absolute atomic E-state index is 0.0825. The molecule has 4 rings (SSSR count). The van der Waals surface area contributed by atoms with E-state index in [1.165, 1.54) is 0 Å². The van der Waals surface area contributed by atoms with Gasteiger partial charge in [0.05, 0.1) is 5.60 Å². The van der Waals surface area contributed by atoms with Gasteiger partial charge in [-0.1, -0.05) is 50.1 Å². The van der Waals surface area contributed by atoms with Crippen LogP contribution in [-0.4, -0.2) is 33.5 Å². The highest BCUT2D eigenvalue weighted by atomic mass is 16.3. The molecule has 0 radical (unpaired) electrons. The van der Waals surface area contributed by atoms with Crippen molar-refractivity contribution in [1.29, 1.82) is 0 Å². The third-order valence-electron chi connectivity index (χ3n) is 6.44. The normalized spacial score (nSPS) is 27.9. The Bertz CT molecular complexity index is 807. The predicted molar refractivity (Wildman–Crippen MR) is 105 cm³/mol. The number of nitrogens with zero attached hydrogens (tertiary/aromatic N) is 2. The Labute approximate surface area is 161 Å². The number of aliphatic hydroxyl groups is 1. The van der Waals surface area contributed by atoms with Gasteiger partial charge >= 0.3 is 0 Å². The van der Waals surface area contributed by atoms with Gasteiger partial charge in [-0.15, -0.1) is 0 Å². The first-order chi connectivity index (χ1) is 13.1. The number of hydrogen-bond acceptors (Lipinski definition) is 3. The molecule has 4 nitrogen and oxygen atoms in total. The predicted octanol–water partition coefficient (Wildman–Crippen LogP) is 3.94. The van der Waals surface area contributed by atoms with Gasteiger partial charge in [0.2, 0.25) is 0 Å². The summed E-state index contributed by atoms with van der Waals surface area (Å²) in [6.07, 6.45) is 7.32. The minimum atomic E-state index is -0.837. The van der Waals surface area contributed by atoms with E-state index >= 15 is 0 Å². The number of likely N-dealkylation sites (tertiary alicyclic amines) is 1. The van der Waals surface area contributed by atoms with E-state index in [1.807, 2.05) is 47.4 Å². The fourth-order valence-electron chi connectivity index (χ4n) is 4.99. The molecule has 1 aromatic heterocycles. The largest absolute Gasteiger partial charge is 0.385 e. The zero-order chi connectivity index (χ0) is 18.9. The zero-order valence-electron chi connectivity index (χ0n) is 16.0. The number of piperidine rings is 1. The van der Waals surface area contributed by atoms with Crippen LogP contribution in [0.2, 0.25) is 0 Å². The molecule has 2 heterocycles. The molecule has 1 aromatic carbocycles. The molecular weight excluding hydrogens is 336 g/mol. The van der Waals surface area contributed by atoms with Crippen molar-refractivity contribution in [2.75, 3.05) is 6.54 Å². The summed E-state index contributed by atoms with van der Waals surface area (Å²) in [7, 11) is 0. The van der Waals surface area contributed by atoms with E-state index in [0.717, 1.165) is 48.9 Å². The Morgan fingerprint density at radius 1 is 1.22 bits per heavy atom. The maximum atomic E-state index is 13.3. The standard InChI is InChI=1S/C23H28N2O2/c1-2-19-16-17(12-14-24-19)22(26)25-15-13-23(27,18-8-4-3-5-9-18)20-10-6-7-11-21(20)25/h3-5,8-9,12,14,16,20-21,27H,2,6-7,10-11,13,15H2,1H3/t20-,21-,23+/m0/s1. The lowest BCUT2D eigenvalue weighted by atomic mass is 9.66. The third-order valence-corrected chi connectivity index (χ3v) is 6.44. The molecule has 1 saturated carbocycles. The van der Waals surface area contributed by atoms with Gasteiger partial charge in [-0.3, -0.25) is 9.78 Å². The maximum Gasteiger partial charge on any atom is 0.254 e. The highest BCUT2D eigenvalue weighted by molar-refractivity contribution is 5.94. The molecule has 0 unspecified atom stereocenters. The van der Waals surface area contributed by atoms with Crippen LogP contribution in [0.1, 0.15) is 60.6 Å². The average molecular weight is 364 g/mol. The van der Waals surface area contributed by atoms with Crippen molar-refractivity contribution in [1.82, 2.24) is 9.88 Å². The van der Waals surface area contributed by atoms with E-state index in [1.54, 1.807) is 6.20 Å². The van der Waals surface area contributed by atoms with Gasteiger partial charge in [-0.05, 0) is 43.4 Å². The van der Waals surface area contributed by atoms with Crippen molar-refractivity contribution in [3.8, 4) is 0 Å². The van der Waals surface area contributed by atoms with Gasteiger partial charge in [0.25, 0.3) is 5.91 Å². The van der Waals surface area contributed by atoms with Crippen LogP contribution < -0.4 is 0 Å². The van der Waals surface area contributed by atoms with Crippen LogP contribution >= 0.6 is 0 Å². The highest BCUT2D eigenvalue weighted by Crippen LogP contribution is 2.47. The van der Waals surface area contributed by atoms with Crippen molar-refractivity contribution in [3.05, 3.63) is 65.5 Å². The Hall–Kier alpha value is -2.20. The van der Waals surface area contributed by atoms with E-state index in [4.69, 9.17) is 0 Å². The molecule has 1 N–H and O–H groups in total. The van der Waals surface area contributed by atoms with Crippen LogP contribution in [0.25, 0.3) is 0 Å². The molecule has 0 spiro atoms. The number of carbonyl (C=O) groups excluding carboxylic acids is 1. The second-order valence-electron chi connectivity index (χ2n) is 7.89. The summed E-state index contributed by atoms with van der Waals surface area (Å²) in [6.45, 7) is 2.64. The van der Waals surface area contributed by atoms with Crippen molar-refractivity contribution >= 4 is 5.91 Å². The Morgan fingerprint density at radius 2 is 2.00 bits per heavy atom. The third kappa shape index (κ3) is 3.27. The number of benzene rings is 1. The van der Waals surface area contributed by atoms with E-state index in [9.17, 15) is 9.90 Å². The van der Waals surface area contributed by atoms with E-state index in [-0.39, 0.29) is 17.9 Å². The summed E-state index contributed by atoms with van der Waals surface area (Å²) in [6, 6.07) is 13.9. The van der Waals surface area contributed by atoms with Crippen molar-refractivity contribution in [2.24, 2.45) is 5.92 Å². The molecule has 1 aliphatic heterocycles. The molecule has 142 valence electrons. The molecule has 1 aliphatic carbocycles. The first-order valence-electron chi connectivity index (χ1n) is 10.2. The topological polar surface area (TPSA) is 53.4 Å². The summed E-state index contributed by atoms with van der Waals surface area (Å²) < 4.78 is 0. The van der Waals surface area contributed by atoms with Crippen LogP contribution in [0.5, 0.6) is 0 Å². The van der Waals surface area contributed by atoms with E-state index in [0.29, 0.717) is 13.0 Å². The Kier molecular flexibility index (Phi) is 5.00. The van der Waals surface area contributed by atoms with Crippen molar-refractivity contribution < 1.29 is 9.90 Å². The smallest absolute Gasteiger partial charge is 0.254 e. The second-order valence-corrected chi connectivity index (χ2v) is 7.89. The van der Waals surface area contributed by atoms with Crippen molar-refractivity contribution in [3.63, 3.8) is 0 Å². The number of hydrogen-bond donors (Lipinski definition) is 1. The number of carbonyl (C=O) groups is 1. The summed E-state index contributed by atoms with van der Waals surface area (Å²) >= 11 is 0. The maximum absolute atomic E-state index is 13.3. The molecule has 1 amide bonds. The van der Waals surface area contributed by atoms with Crippen LogP contribution in [0.3, 0.4) is 0 Å². The molecule has 0 bridgehead atoms. The fourth-order valence-corrected chi connectivity index (χ4v) is 4.99. The zero-order valence-corrected chi connectivity index (χ0v) is 16.0. The lowest BCUT2D eigenvalue weighted by Crippen LogP contribution is -2.59. The number of aryl methyl sites for hydroxylation is 1. The number of rotatable bonds is 3. The van der Waals surface area contributed by atoms with Crippen LogP contribution in [0.15, 0.2) is 48.7 Å². The van der Waals surface area contributed by atoms with Gasteiger partial charge in [0.1, 0.15) is 0 Å². The first kappa shape index (κ1) is 18.2. The summed E-state index contributed by atoms with van der Waals surface area (Å²) in [5, 5.41) is 11.6. The van der Waals surface area contributed by atoms with Crippen molar-refractivity contribution in [2.45, 2.75) is 57.1 Å². The Balaban J connectivity index is 1.64. The lowest BCUT2D eigenvalue weighted by Gasteiger charge is -2.52. The van der Waals surface area contributed by atoms with Gasteiger partial charge in [0.15, 0.2) is 0 Å². The Morgan fingerprint density at radius 3 is 2.78 bits per heavy atom. The molecule has 2 aliphatic rings. The van der Waals surface area contributed by atoms with Gasteiger partial charge < -0.3 is 10.0 Å². The highest BCUT2D eigenvalue weighted by Gasteiger charge is 2.50. The van der Waals surface area contributed by atoms with Crippen LogP contribution in [0, 0.1) is 5.92 Å². The van der Waals surface area contributed by atoms with E-state index < -0.39 is 5.60 Å². The molecule has 4 heteroatoms. The van der Waals surface area contributed by atoms with Crippen LogP contribution in [0.4, 0.5) is 0 Å². The molecule has 2 fully saturated rings. The molecule has 2 aromatic rings. The molecule has 3 atom stereocenters. The van der Waals surface area contributed by atoms with Gasteiger partial charge in [-0.25, -0.2) is 0 Å². The monoisotopic (exact) mass is 364 g/mol. The molecular formula is C23H28N2O2. The number of fused-ring (bicyclic) bond motifs is 1. The number of pyridine rings is 1. The number of aromatic nitrogens is 1. The van der Waals surface area contributed by atoms with Gasteiger partial charge in [0, 0.05) is 36.0 Å². The van der Waals surface area contributed by atoms with E-state index in [2.05, 4.69) is 11.9 Å². The quantitative estimate of drug-likeness (QED) is 0.898. The minimum Gasteiger partial charge on any atom is -0.385 e. The SMILES string of the molecule is CCc1cc(C(=O)N2CC[C@@](O)(c3ccccc3)[C@H]3CCCC[C@@H]32)ccn1. The summed E-state index contributed by atoms with van der Waals surface area (Å²) in [5.41, 5.74) is 1.82. The molecule has 1 saturated heterocycles. The fraction of sp³-hybridized carbons (Fsp3) is 0.478. The summed E-state index contributed by atoms with van der Waals surface area (Å²) in [4.78, 5) is 19.6. The molecule has 27 heavy (non-hydrogen) atoms. The second kappa shape index (κ2) is 7.43. The van der Waals surface area contributed by atoms with Gasteiger partial charge in [-0.2, -0.15) is 0 Å². The lowest BCUT2D eigenvalue weighted by molar-refractivity contribution is -0.110. The first-order valence-corrected chi connectivity index (χ1v) is 10.2. The number of amides is 1. The average Bonchev–Trinajstić information content (AvgIpc) is 2.74. The van der Waals surface area contributed by atoms with Crippen LogP contribution in [-0.2, 0) is 12.0 Å². The summed E-state index contributed by atoms with van der Waals surface area (Å²) in [5.74, 6) is 0.179.